The number of hydrogen-bond acceptors (Lipinski definition) is 6. The lowest BCUT2D eigenvalue weighted by molar-refractivity contribution is -0.386. The summed E-state index contributed by atoms with van der Waals surface area (Å²) >= 11 is 5.66. The Morgan fingerprint density at radius 2 is 1.79 bits per heavy atom. The topological polar surface area (TPSA) is 95.7 Å². The largest absolute Gasteiger partial charge is 0.420 e. The van der Waals surface area contributed by atoms with Crippen molar-refractivity contribution in [3.8, 4) is 0 Å². The zero-order chi connectivity index (χ0) is 14.6. The second-order valence-electron chi connectivity index (χ2n) is 3.51. The molecule has 0 spiro atoms. The monoisotopic (exact) mass is 287 g/mol. The Bertz CT molecular complexity index is 514. The molecule has 0 saturated heterocycles. The van der Waals surface area contributed by atoms with Gasteiger partial charge < -0.3 is 9.47 Å². The first-order valence-corrected chi connectivity index (χ1v) is 5.47. The van der Waals surface area contributed by atoms with Crippen LogP contribution in [0.2, 0.25) is 5.02 Å². The van der Waals surface area contributed by atoms with E-state index in [0.717, 1.165) is 19.9 Å². The van der Waals surface area contributed by atoms with E-state index in [1.54, 1.807) is 0 Å². The molecule has 0 aromatic heterocycles. The van der Waals surface area contributed by atoms with E-state index in [9.17, 15) is 19.7 Å². The van der Waals surface area contributed by atoms with Gasteiger partial charge in [0.1, 0.15) is 5.56 Å². The Morgan fingerprint density at radius 3 is 2.21 bits per heavy atom. The van der Waals surface area contributed by atoms with Crippen molar-refractivity contribution in [2.45, 2.75) is 20.1 Å². The first-order valence-electron chi connectivity index (χ1n) is 5.09. The van der Waals surface area contributed by atoms with Gasteiger partial charge in [-0.15, -0.1) is 0 Å². The Balaban J connectivity index is 3.24. The standard InChI is InChI=1S/C11H10ClNO6/c1-6(14)18-11(19-7(2)15)9-4-3-8(12)5-10(9)13(16)17/h3-5,11H,1-2H3. The second kappa shape index (κ2) is 6.14. The molecule has 102 valence electrons. The van der Waals surface area contributed by atoms with Crippen molar-refractivity contribution in [2.24, 2.45) is 0 Å². The summed E-state index contributed by atoms with van der Waals surface area (Å²) in [6.07, 6.45) is -1.48. The number of benzene rings is 1. The van der Waals surface area contributed by atoms with Crippen molar-refractivity contribution in [2.75, 3.05) is 0 Å². The molecular formula is C11H10ClNO6. The molecule has 0 aliphatic heterocycles. The van der Waals surface area contributed by atoms with E-state index >= 15 is 0 Å². The number of esters is 2. The van der Waals surface area contributed by atoms with Crippen LogP contribution in [0.5, 0.6) is 0 Å². The van der Waals surface area contributed by atoms with E-state index in [0.29, 0.717) is 0 Å². The number of nitro benzene ring substituents is 1. The summed E-state index contributed by atoms with van der Waals surface area (Å²) in [6, 6.07) is 3.71. The molecule has 0 saturated carbocycles. The number of hydrogen-bond donors (Lipinski definition) is 0. The molecule has 1 aromatic rings. The van der Waals surface area contributed by atoms with Crippen LogP contribution in [0.15, 0.2) is 18.2 Å². The fourth-order valence-electron chi connectivity index (χ4n) is 1.33. The van der Waals surface area contributed by atoms with Gasteiger partial charge in [0.25, 0.3) is 12.0 Å². The molecule has 0 radical (unpaired) electrons. The normalized spacial score (nSPS) is 10.1. The maximum absolute atomic E-state index is 10.9. The first-order chi connectivity index (χ1) is 8.81. The highest BCUT2D eigenvalue weighted by Gasteiger charge is 2.27. The molecule has 0 fully saturated rings. The van der Waals surface area contributed by atoms with Gasteiger partial charge in [0.05, 0.1) is 4.92 Å². The predicted molar refractivity (Wildman–Crippen MR) is 64.4 cm³/mol. The third-order valence-corrected chi connectivity index (χ3v) is 2.22. The third kappa shape index (κ3) is 4.22. The number of carbonyl (C=O) groups excluding carboxylic acids is 2. The van der Waals surface area contributed by atoms with E-state index < -0.39 is 28.8 Å². The zero-order valence-corrected chi connectivity index (χ0v) is 10.8. The maximum atomic E-state index is 10.9. The number of rotatable bonds is 4. The second-order valence-corrected chi connectivity index (χ2v) is 3.95. The average Bonchev–Trinajstić information content (AvgIpc) is 2.26. The van der Waals surface area contributed by atoms with Gasteiger partial charge in [-0.05, 0) is 12.1 Å². The maximum Gasteiger partial charge on any atom is 0.305 e. The van der Waals surface area contributed by atoms with E-state index in [1.807, 2.05) is 0 Å². The summed E-state index contributed by atoms with van der Waals surface area (Å²) in [6.45, 7) is 2.19. The molecule has 0 aliphatic carbocycles. The highest BCUT2D eigenvalue weighted by atomic mass is 35.5. The number of nitrogens with zero attached hydrogens (tertiary/aromatic N) is 1. The van der Waals surface area contributed by atoms with Gasteiger partial charge in [-0.1, -0.05) is 11.6 Å². The molecule has 7 nitrogen and oxygen atoms in total. The molecular weight excluding hydrogens is 278 g/mol. The van der Waals surface area contributed by atoms with Crippen LogP contribution in [0.1, 0.15) is 25.7 Å². The molecule has 0 unspecified atom stereocenters. The van der Waals surface area contributed by atoms with Gasteiger partial charge in [0.15, 0.2) is 0 Å². The van der Waals surface area contributed by atoms with Gasteiger partial charge in [-0.3, -0.25) is 19.7 Å². The SMILES string of the molecule is CC(=O)OC(OC(C)=O)c1ccc(Cl)cc1[N+](=O)[O-]. The van der Waals surface area contributed by atoms with E-state index in [1.165, 1.54) is 12.1 Å². The van der Waals surface area contributed by atoms with Crippen LogP contribution in [-0.2, 0) is 19.1 Å². The van der Waals surface area contributed by atoms with Crippen molar-refractivity contribution in [3.05, 3.63) is 38.9 Å². The number of halogens is 1. The molecule has 0 heterocycles. The van der Waals surface area contributed by atoms with Crippen LogP contribution in [0.25, 0.3) is 0 Å². The fourth-order valence-corrected chi connectivity index (χ4v) is 1.49. The van der Waals surface area contributed by atoms with Crippen molar-refractivity contribution in [1.82, 2.24) is 0 Å². The van der Waals surface area contributed by atoms with Crippen molar-refractivity contribution in [3.63, 3.8) is 0 Å². The zero-order valence-electron chi connectivity index (χ0n) is 10.1. The molecule has 0 N–H and O–H groups in total. The predicted octanol–water partition coefficient (Wildman–Crippen LogP) is 2.37. The average molecular weight is 288 g/mol. The van der Waals surface area contributed by atoms with Gasteiger partial charge >= 0.3 is 11.9 Å². The smallest absolute Gasteiger partial charge is 0.305 e. The van der Waals surface area contributed by atoms with Crippen LogP contribution in [0.4, 0.5) is 5.69 Å². The van der Waals surface area contributed by atoms with Crippen LogP contribution in [-0.4, -0.2) is 16.9 Å². The van der Waals surface area contributed by atoms with Crippen molar-refractivity contribution < 1.29 is 24.0 Å². The third-order valence-electron chi connectivity index (χ3n) is 1.99. The van der Waals surface area contributed by atoms with Gasteiger partial charge in [-0.25, -0.2) is 0 Å². The van der Waals surface area contributed by atoms with E-state index in [-0.39, 0.29) is 10.6 Å². The van der Waals surface area contributed by atoms with Crippen LogP contribution < -0.4 is 0 Å². The molecule has 0 bridgehead atoms. The fraction of sp³-hybridized carbons (Fsp3) is 0.273. The summed E-state index contributed by atoms with van der Waals surface area (Å²) in [7, 11) is 0. The Labute approximate surface area is 113 Å². The Kier molecular flexibility index (Phi) is 4.82. The molecule has 0 atom stereocenters. The van der Waals surface area contributed by atoms with Crippen molar-refractivity contribution >= 4 is 29.2 Å². The lowest BCUT2D eigenvalue weighted by Gasteiger charge is -2.16. The number of ether oxygens (including phenoxy) is 2. The molecule has 8 heteroatoms. The van der Waals surface area contributed by atoms with Gasteiger partial charge in [0.2, 0.25) is 0 Å². The summed E-state index contributed by atoms with van der Waals surface area (Å²) in [5, 5.41) is 11.1. The molecule has 19 heavy (non-hydrogen) atoms. The number of carbonyl (C=O) groups is 2. The Hall–Kier alpha value is -2.15. The summed E-state index contributed by atoms with van der Waals surface area (Å²) in [4.78, 5) is 32.1. The Morgan fingerprint density at radius 1 is 1.26 bits per heavy atom. The molecule has 0 aliphatic rings. The van der Waals surface area contributed by atoms with Crippen LogP contribution in [0.3, 0.4) is 0 Å². The van der Waals surface area contributed by atoms with Crippen LogP contribution >= 0.6 is 11.6 Å². The molecule has 1 aromatic carbocycles. The minimum Gasteiger partial charge on any atom is -0.420 e. The summed E-state index contributed by atoms with van der Waals surface area (Å²) in [5.74, 6) is -1.48. The highest BCUT2D eigenvalue weighted by molar-refractivity contribution is 6.30. The lowest BCUT2D eigenvalue weighted by atomic mass is 10.1. The van der Waals surface area contributed by atoms with Crippen molar-refractivity contribution in [1.29, 1.82) is 0 Å². The van der Waals surface area contributed by atoms with E-state index in [4.69, 9.17) is 21.1 Å². The summed E-state index contributed by atoms with van der Waals surface area (Å²) < 4.78 is 9.50. The minimum absolute atomic E-state index is 0.0696. The highest BCUT2D eigenvalue weighted by Crippen LogP contribution is 2.31. The molecule has 0 amide bonds. The lowest BCUT2D eigenvalue weighted by Crippen LogP contribution is -2.16. The minimum atomic E-state index is -1.48. The van der Waals surface area contributed by atoms with Gasteiger partial charge in [0, 0.05) is 24.9 Å². The first kappa shape index (κ1) is 14.9. The summed E-state index contributed by atoms with van der Waals surface area (Å²) in [5.41, 5.74) is -0.472. The quantitative estimate of drug-likeness (QED) is 0.365. The van der Waals surface area contributed by atoms with Crippen LogP contribution in [0, 0.1) is 10.1 Å². The van der Waals surface area contributed by atoms with E-state index in [2.05, 4.69) is 0 Å². The molecule has 1 rings (SSSR count). The number of nitro groups is 1. The van der Waals surface area contributed by atoms with Gasteiger partial charge in [-0.2, -0.15) is 0 Å².